The number of nitrogens with zero attached hydrogens (tertiary/aromatic N) is 3. The summed E-state index contributed by atoms with van der Waals surface area (Å²) in [5, 5.41) is 7.33. The van der Waals surface area contributed by atoms with Crippen molar-refractivity contribution in [2.75, 3.05) is 33.4 Å². The van der Waals surface area contributed by atoms with Crippen LogP contribution in [0.5, 0.6) is 0 Å². The Morgan fingerprint density at radius 2 is 2.04 bits per heavy atom. The van der Waals surface area contributed by atoms with Gasteiger partial charge in [0.25, 0.3) is 0 Å². The molecule has 0 spiro atoms. The Labute approximate surface area is 158 Å². The highest BCUT2D eigenvalue weighted by Crippen LogP contribution is 2.26. The van der Waals surface area contributed by atoms with Crippen molar-refractivity contribution in [2.24, 2.45) is 0 Å². The third-order valence-electron chi connectivity index (χ3n) is 4.40. The van der Waals surface area contributed by atoms with Crippen molar-refractivity contribution in [3.05, 3.63) is 47.3 Å². The van der Waals surface area contributed by atoms with Crippen LogP contribution in [0.15, 0.2) is 30.3 Å². The first kappa shape index (κ1) is 18.9. The van der Waals surface area contributed by atoms with E-state index in [9.17, 15) is 9.59 Å². The van der Waals surface area contributed by atoms with E-state index < -0.39 is 5.97 Å². The van der Waals surface area contributed by atoms with Gasteiger partial charge in [-0.3, -0.25) is 0 Å². The maximum absolute atomic E-state index is 12.4. The van der Waals surface area contributed by atoms with E-state index in [1.165, 1.54) is 0 Å². The van der Waals surface area contributed by atoms with Crippen LogP contribution in [-0.4, -0.2) is 60.1 Å². The molecule has 0 bridgehead atoms. The number of para-hydroxylation sites is 1. The highest BCUT2D eigenvalue weighted by molar-refractivity contribution is 5.89. The molecule has 27 heavy (non-hydrogen) atoms. The van der Waals surface area contributed by atoms with Crippen LogP contribution in [-0.2, 0) is 22.4 Å². The number of methoxy groups -OCH3 is 1. The zero-order valence-electron chi connectivity index (χ0n) is 15.6. The Bertz CT molecular complexity index is 804. The lowest BCUT2D eigenvalue weighted by Crippen LogP contribution is -2.44. The van der Waals surface area contributed by atoms with Crippen LogP contribution in [0.1, 0.15) is 28.7 Å². The van der Waals surface area contributed by atoms with Gasteiger partial charge in [0.15, 0.2) is 5.69 Å². The van der Waals surface area contributed by atoms with Crippen molar-refractivity contribution >= 4 is 12.0 Å². The molecule has 0 unspecified atom stereocenters. The summed E-state index contributed by atoms with van der Waals surface area (Å²) in [7, 11) is 1.59. The number of benzene rings is 1. The second kappa shape index (κ2) is 8.68. The number of carbonyl (C=O) groups excluding carboxylic acids is 2. The highest BCUT2D eigenvalue weighted by Gasteiger charge is 2.31. The fourth-order valence-corrected chi connectivity index (χ4v) is 3.11. The summed E-state index contributed by atoms with van der Waals surface area (Å²) in [5.41, 5.74) is 2.82. The molecule has 0 aliphatic carbocycles. The number of urea groups is 1. The second-order valence-corrected chi connectivity index (χ2v) is 6.14. The van der Waals surface area contributed by atoms with Crippen LogP contribution in [0.2, 0.25) is 0 Å². The first-order chi connectivity index (χ1) is 13.2. The van der Waals surface area contributed by atoms with E-state index in [-0.39, 0.29) is 18.3 Å². The first-order valence-corrected chi connectivity index (χ1v) is 9.00. The number of esters is 1. The van der Waals surface area contributed by atoms with E-state index in [1.807, 2.05) is 30.3 Å². The fraction of sp³-hybridized carbons (Fsp3) is 0.421. The van der Waals surface area contributed by atoms with Crippen molar-refractivity contribution in [1.82, 2.24) is 20.0 Å². The normalized spacial score (nSPS) is 13.2. The number of carbonyl (C=O) groups is 2. The summed E-state index contributed by atoms with van der Waals surface area (Å²) < 4.78 is 11.9. The number of aromatic nitrogens is 2. The predicted molar refractivity (Wildman–Crippen MR) is 98.9 cm³/mol. The van der Waals surface area contributed by atoms with E-state index in [4.69, 9.17) is 9.47 Å². The van der Waals surface area contributed by atoms with Crippen LogP contribution in [0.4, 0.5) is 4.79 Å². The van der Waals surface area contributed by atoms with Crippen molar-refractivity contribution in [2.45, 2.75) is 19.9 Å². The van der Waals surface area contributed by atoms with E-state index in [2.05, 4.69) is 10.4 Å². The van der Waals surface area contributed by atoms with Gasteiger partial charge in [0, 0.05) is 32.2 Å². The van der Waals surface area contributed by atoms with Crippen LogP contribution in [0.25, 0.3) is 5.69 Å². The van der Waals surface area contributed by atoms with Gasteiger partial charge in [-0.2, -0.15) is 5.10 Å². The van der Waals surface area contributed by atoms with Gasteiger partial charge >= 0.3 is 12.0 Å². The molecule has 8 heteroatoms. The minimum absolute atomic E-state index is 0.181. The van der Waals surface area contributed by atoms with Crippen LogP contribution >= 0.6 is 0 Å². The molecule has 0 saturated heterocycles. The molecule has 0 radical (unpaired) electrons. The first-order valence-electron chi connectivity index (χ1n) is 9.00. The summed E-state index contributed by atoms with van der Waals surface area (Å²) >= 11 is 0. The lowest BCUT2D eigenvalue weighted by atomic mass is 10.1. The Kier molecular flexibility index (Phi) is 6.08. The second-order valence-electron chi connectivity index (χ2n) is 6.14. The Balaban J connectivity index is 1.90. The van der Waals surface area contributed by atoms with Crippen molar-refractivity contribution in [1.29, 1.82) is 0 Å². The molecule has 0 saturated carbocycles. The number of ether oxygens (including phenoxy) is 2. The molecule has 1 aliphatic rings. The van der Waals surface area contributed by atoms with Gasteiger partial charge in [0.2, 0.25) is 0 Å². The SMILES string of the molecule is CCOC(=O)c1nn(-c2ccccc2)c2c1CN(C(=O)NCCOC)CC2. The van der Waals surface area contributed by atoms with Crippen LogP contribution in [0, 0.1) is 0 Å². The quantitative estimate of drug-likeness (QED) is 0.617. The third kappa shape index (κ3) is 4.11. The summed E-state index contributed by atoms with van der Waals surface area (Å²) in [6.07, 6.45) is 0.605. The number of hydrogen-bond donors (Lipinski definition) is 1. The molecule has 1 aromatic heterocycles. The molecular formula is C19H24N4O4. The van der Waals surface area contributed by atoms with Gasteiger partial charge in [0.05, 0.1) is 31.1 Å². The summed E-state index contributed by atoms with van der Waals surface area (Å²) in [5.74, 6) is -0.468. The van der Waals surface area contributed by atoms with Crippen molar-refractivity contribution < 1.29 is 19.1 Å². The molecule has 1 aromatic carbocycles. The van der Waals surface area contributed by atoms with Gasteiger partial charge in [-0.1, -0.05) is 18.2 Å². The molecule has 1 aliphatic heterocycles. The van der Waals surface area contributed by atoms with Gasteiger partial charge in [0.1, 0.15) is 0 Å². The lowest BCUT2D eigenvalue weighted by Gasteiger charge is -2.28. The van der Waals surface area contributed by atoms with Gasteiger partial charge < -0.3 is 19.7 Å². The molecule has 0 atom stereocenters. The van der Waals surface area contributed by atoms with Gasteiger partial charge in [-0.15, -0.1) is 0 Å². The molecule has 2 aromatic rings. The Morgan fingerprint density at radius 3 is 2.74 bits per heavy atom. The topological polar surface area (TPSA) is 85.7 Å². The smallest absolute Gasteiger partial charge is 0.359 e. The minimum atomic E-state index is -0.468. The molecule has 0 fully saturated rings. The van der Waals surface area contributed by atoms with Crippen molar-refractivity contribution in [3.63, 3.8) is 0 Å². The molecule has 144 valence electrons. The predicted octanol–water partition coefficient (Wildman–Crippen LogP) is 1.76. The number of amides is 2. The Morgan fingerprint density at radius 1 is 1.26 bits per heavy atom. The lowest BCUT2D eigenvalue weighted by molar-refractivity contribution is 0.0516. The average Bonchev–Trinajstić information content (AvgIpc) is 3.08. The van der Waals surface area contributed by atoms with Crippen LogP contribution in [0.3, 0.4) is 0 Å². The minimum Gasteiger partial charge on any atom is -0.461 e. The Hall–Kier alpha value is -2.87. The van der Waals surface area contributed by atoms with Gasteiger partial charge in [-0.05, 0) is 19.1 Å². The monoisotopic (exact) mass is 372 g/mol. The van der Waals surface area contributed by atoms with E-state index >= 15 is 0 Å². The van der Waals surface area contributed by atoms with Gasteiger partial charge in [-0.25, -0.2) is 14.3 Å². The summed E-state index contributed by atoms with van der Waals surface area (Å²) in [6.45, 7) is 3.78. The molecule has 8 nitrogen and oxygen atoms in total. The third-order valence-corrected chi connectivity index (χ3v) is 4.40. The number of nitrogens with one attached hydrogen (secondary N) is 1. The maximum Gasteiger partial charge on any atom is 0.359 e. The summed E-state index contributed by atoms with van der Waals surface area (Å²) in [4.78, 5) is 26.5. The standard InChI is InChI=1S/C19H24N4O4/c1-3-27-18(24)17-15-13-22(19(25)20-10-12-26-2)11-9-16(15)23(21-17)14-7-5-4-6-8-14/h4-8H,3,9-13H2,1-2H3,(H,20,25). The fourth-order valence-electron chi connectivity index (χ4n) is 3.11. The molecule has 3 rings (SSSR count). The number of hydrogen-bond acceptors (Lipinski definition) is 5. The highest BCUT2D eigenvalue weighted by atomic mass is 16.5. The largest absolute Gasteiger partial charge is 0.461 e. The van der Waals surface area contributed by atoms with Crippen LogP contribution < -0.4 is 5.32 Å². The summed E-state index contributed by atoms with van der Waals surface area (Å²) in [6, 6.07) is 9.47. The molecule has 1 N–H and O–H groups in total. The van der Waals surface area contributed by atoms with Crippen molar-refractivity contribution in [3.8, 4) is 5.69 Å². The maximum atomic E-state index is 12.4. The average molecular weight is 372 g/mol. The number of fused-ring (bicyclic) bond motifs is 1. The molecule has 2 heterocycles. The zero-order chi connectivity index (χ0) is 19.2. The zero-order valence-corrected chi connectivity index (χ0v) is 15.6. The van der Waals surface area contributed by atoms with E-state index in [0.29, 0.717) is 32.7 Å². The number of rotatable bonds is 6. The van der Waals surface area contributed by atoms with E-state index in [0.717, 1.165) is 16.9 Å². The molecule has 2 amide bonds. The van der Waals surface area contributed by atoms with E-state index in [1.54, 1.807) is 23.6 Å². The molecular weight excluding hydrogens is 348 g/mol.